The number of fused-ring (bicyclic) bond motifs is 1. The Morgan fingerprint density at radius 1 is 1.06 bits per heavy atom. The molecule has 0 unspecified atom stereocenters. The van der Waals surface area contributed by atoms with Gasteiger partial charge in [0.05, 0.1) is 25.1 Å². The summed E-state index contributed by atoms with van der Waals surface area (Å²) in [4.78, 5) is 25.7. The Morgan fingerprint density at radius 2 is 1.83 bits per heavy atom. The normalized spacial score (nSPS) is 19.5. The number of nitrogens with zero attached hydrogens (tertiary/aromatic N) is 4. The van der Waals surface area contributed by atoms with Gasteiger partial charge in [0.25, 0.3) is 0 Å². The van der Waals surface area contributed by atoms with Crippen molar-refractivity contribution in [2.45, 2.75) is 24.8 Å². The Balaban J connectivity index is 1.27. The van der Waals surface area contributed by atoms with Gasteiger partial charge in [-0.25, -0.2) is 14.8 Å². The average Bonchev–Trinajstić information content (AvgIpc) is 3.18. The zero-order valence-corrected chi connectivity index (χ0v) is 20.2. The minimum atomic E-state index is -0.178. The first-order chi connectivity index (χ1) is 17.6. The molecule has 3 aromatic rings. The van der Waals surface area contributed by atoms with Crippen molar-refractivity contribution in [1.29, 1.82) is 0 Å². The monoisotopic (exact) mass is 483 g/mol. The van der Waals surface area contributed by atoms with Gasteiger partial charge < -0.3 is 14.7 Å². The van der Waals surface area contributed by atoms with Crippen LogP contribution in [0.5, 0.6) is 11.5 Å². The van der Waals surface area contributed by atoms with E-state index in [9.17, 15) is 9.90 Å². The summed E-state index contributed by atoms with van der Waals surface area (Å²) < 4.78 is 5.08. The molecule has 0 radical (unpaired) electrons. The zero-order valence-electron chi connectivity index (χ0n) is 20.2. The maximum absolute atomic E-state index is 13.0. The molecule has 184 valence electrons. The van der Waals surface area contributed by atoms with Crippen molar-refractivity contribution in [3.8, 4) is 23.3 Å². The number of aromatic nitrogens is 2. The predicted molar refractivity (Wildman–Crippen MR) is 137 cm³/mol. The van der Waals surface area contributed by atoms with Crippen molar-refractivity contribution in [3.05, 3.63) is 77.6 Å². The minimum Gasteiger partial charge on any atom is -0.507 e. The van der Waals surface area contributed by atoms with E-state index < -0.39 is 0 Å². The van der Waals surface area contributed by atoms with Gasteiger partial charge in [-0.05, 0) is 49.2 Å². The number of aromatic hydroxyl groups is 1. The number of anilines is 1. The minimum absolute atomic E-state index is 0.178. The van der Waals surface area contributed by atoms with E-state index in [0.717, 1.165) is 31.5 Å². The fourth-order valence-electron chi connectivity index (χ4n) is 4.99. The molecule has 2 amide bonds. The summed E-state index contributed by atoms with van der Waals surface area (Å²) in [6.07, 6.45) is 5.07. The Morgan fingerprint density at radius 3 is 2.58 bits per heavy atom. The SMILES string of the molecule is COc1cnc(NC(=O)N2CCCN3CC[C@H](c4ccc(C#Cc5ccccc5O)cc4)[C@@H]3C2)nc1. The lowest BCUT2D eigenvalue weighted by Crippen LogP contribution is -2.43. The van der Waals surface area contributed by atoms with Crippen LogP contribution in [0.4, 0.5) is 10.7 Å². The van der Waals surface area contributed by atoms with Gasteiger partial charge in [0.2, 0.25) is 5.95 Å². The van der Waals surface area contributed by atoms with Gasteiger partial charge in [-0.3, -0.25) is 10.2 Å². The highest BCUT2D eigenvalue weighted by atomic mass is 16.5. The summed E-state index contributed by atoms with van der Waals surface area (Å²) in [5.74, 6) is 7.52. The number of methoxy groups -OCH3 is 1. The Kier molecular flexibility index (Phi) is 7.01. The van der Waals surface area contributed by atoms with E-state index in [2.05, 4.69) is 44.2 Å². The van der Waals surface area contributed by atoms with Gasteiger partial charge in [0, 0.05) is 37.2 Å². The third kappa shape index (κ3) is 5.26. The molecule has 36 heavy (non-hydrogen) atoms. The molecule has 0 aliphatic carbocycles. The van der Waals surface area contributed by atoms with E-state index in [4.69, 9.17) is 4.74 Å². The quantitative estimate of drug-likeness (QED) is 0.553. The molecular formula is C28H29N5O3. The number of nitrogens with one attached hydrogen (secondary N) is 1. The number of hydrogen-bond donors (Lipinski definition) is 2. The maximum Gasteiger partial charge on any atom is 0.324 e. The van der Waals surface area contributed by atoms with Crippen LogP contribution < -0.4 is 10.1 Å². The first kappa shape index (κ1) is 23.6. The summed E-state index contributed by atoms with van der Waals surface area (Å²) in [7, 11) is 1.55. The first-order valence-electron chi connectivity index (χ1n) is 12.2. The third-order valence-corrected chi connectivity index (χ3v) is 6.90. The van der Waals surface area contributed by atoms with Crippen molar-refractivity contribution in [1.82, 2.24) is 19.8 Å². The largest absolute Gasteiger partial charge is 0.507 e. The molecule has 1 aromatic heterocycles. The van der Waals surface area contributed by atoms with Gasteiger partial charge in [0.15, 0.2) is 5.75 Å². The predicted octanol–water partition coefficient (Wildman–Crippen LogP) is 3.69. The second kappa shape index (κ2) is 10.7. The number of phenols is 1. The van der Waals surface area contributed by atoms with Crippen LogP contribution in [0.25, 0.3) is 0 Å². The van der Waals surface area contributed by atoms with E-state index in [1.165, 1.54) is 18.0 Å². The van der Waals surface area contributed by atoms with Crippen molar-refractivity contribution in [2.75, 3.05) is 38.6 Å². The lowest BCUT2D eigenvalue weighted by atomic mass is 9.91. The van der Waals surface area contributed by atoms with E-state index in [0.29, 0.717) is 30.3 Å². The Labute approximate surface area is 210 Å². The molecule has 0 bridgehead atoms. The summed E-state index contributed by atoms with van der Waals surface area (Å²) in [5.41, 5.74) is 2.78. The summed E-state index contributed by atoms with van der Waals surface area (Å²) in [6, 6.07) is 15.5. The third-order valence-electron chi connectivity index (χ3n) is 6.90. The smallest absolute Gasteiger partial charge is 0.324 e. The van der Waals surface area contributed by atoms with Crippen LogP contribution in [0, 0.1) is 11.8 Å². The molecule has 8 heteroatoms. The van der Waals surface area contributed by atoms with Crippen LogP contribution in [0.1, 0.15) is 35.4 Å². The topological polar surface area (TPSA) is 90.8 Å². The molecule has 3 heterocycles. The summed E-state index contributed by atoms with van der Waals surface area (Å²) >= 11 is 0. The second-order valence-corrected chi connectivity index (χ2v) is 9.06. The molecule has 2 fully saturated rings. The maximum atomic E-state index is 13.0. The molecule has 2 saturated heterocycles. The van der Waals surface area contributed by atoms with E-state index in [1.54, 1.807) is 25.3 Å². The van der Waals surface area contributed by atoms with E-state index in [-0.39, 0.29) is 23.8 Å². The van der Waals surface area contributed by atoms with Crippen molar-refractivity contribution >= 4 is 12.0 Å². The van der Waals surface area contributed by atoms with Crippen LogP contribution in [0.15, 0.2) is 60.9 Å². The van der Waals surface area contributed by atoms with Crippen molar-refractivity contribution in [3.63, 3.8) is 0 Å². The van der Waals surface area contributed by atoms with Crippen LogP contribution in [0.2, 0.25) is 0 Å². The highest BCUT2D eigenvalue weighted by Crippen LogP contribution is 2.35. The molecule has 0 saturated carbocycles. The summed E-state index contributed by atoms with van der Waals surface area (Å²) in [5, 5.41) is 12.7. The molecule has 2 aliphatic rings. The highest BCUT2D eigenvalue weighted by Gasteiger charge is 2.38. The van der Waals surface area contributed by atoms with Gasteiger partial charge in [-0.1, -0.05) is 36.1 Å². The molecule has 2 aromatic carbocycles. The average molecular weight is 484 g/mol. The first-order valence-corrected chi connectivity index (χ1v) is 12.2. The van der Waals surface area contributed by atoms with Gasteiger partial charge in [-0.2, -0.15) is 0 Å². The molecule has 2 atom stereocenters. The molecule has 2 aliphatic heterocycles. The van der Waals surface area contributed by atoms with Crippen molar-refractivity contribution in [2.24, 2.45) is 0 Å². The lowest BCUT2D eigenvalue weighted by Gasteiger charge is -2.29. The number of benzene rings is 2. The Bertz CT molecular complexity index is 1270. The van der Waals surface area contributed by atoms with Crippen LogP contribution in [0.3, 0.4) is 0 Å². The highest BCUT2D eigenvalue weighted by molar-refractivity contribution is 5.87. The van der Waals surface area contributed by atoms with Crippen LogP contribution in [-0.2, 0) is 0 Å². The second-order valence-electron chi connectivity index (χ2n) is 9.06. The molecular weight excluding hydrogens is 454 g/mol. The number of hydrogen-bond acceptors (Lipinski definition) is 6. The van der Waals surface area contributed by atoms with Gasteiger partial charge >= 0.3 is 6.03 Å². The number of rotatable bonds is 3. The van der Waals surface area contributed by atoms with Crippen LogP contribution >= 0.6 is 0 Å². The molecule has 2 N–H and O–H groups in total. The van der Waals surface area contributed by atoms with E-state index >= 15 is 0 Å². The fraction of sp³-hybridized carbons (Fsp3) is 0.321. The van der Waals surface area contributed by atoms with Crippen LogP contribution in [-0.4, -0.2) is 70.2 Å². The molecule has 5 rings (SSSR count). The zero-order chi connectivity index (χ0) is 24.9. The number of urea groups is 1. The fourth-order valence-corrected chi connectivity index (χ4v) is 4.99. The number of para-hydroxylation sites is 1. The van der Waals surface area contributed by atoms with Crippen molar-refractivity contribution < 1.29 is 14.6 Å². The Hall–Kier alpha value is -4.09. The number of carbonyl (C=O) groups excluding carboxylic acids is 1. The molecule has 8 nitrogen and oxygen atoms in total. The number of carbonyl (C=O) groups is 1. The standard InChI is InChI=1S/C28H29N5O3/c1-36-23-17-29-27(30-18-23)31-28(35)33-15-4-14-32-16-13-24(25(32)19-33)21-10-7-20(8-11-21)9-12-22-5-2-3-6-26(22)34/h2-3,5-8,10-11,17-18,24-25,34H,4,13-16,19H2,1H3,(H,29,30,31,35)/t24-,25+/m1/s1. The molecule has 0 spiro atoms. The van der Waals surface area contributed by atoms with Gasteiger partial charge in [0.1, 0.15) is 5.75 Å². The lowest BCUT2D eigenvalue weighted by molar-refractivity contribution is 0.196. The number of ether oxygens (including phenoxy) is 1. The number of amides is 2. The summed E-state index contributed by atoms with van der Waals surface area (Å²) in [6.45, 7) is 3.36. The van der Waals surface area contributed by atoms with Gasteiger partial charge in [-0.15, -0.1) is 0 Å². The number of phenolic OH excluding ortho intramolecular Hbond substituents is 1. The van der Waals surface area contributed by atoms with E-state index in [1.807, 2.05) is 23.1 Å².